The Hall–Kier alpha value is -2.12. The topological polar surface area (TPSA) is 105 Å². The molecule has 0 aromatic rings. The Bertz CT molecular complexity index is 1530. The van der Waals surface area contributed by atoms with Crippen LogP contribution < -0.4 is 0 Å². The lowest BCUT2D eigenvalue weighted by Gasteiger charge is -2.55. The molecule has 8 heteroatoms. The molecule has 10 saturated carbocycles. The predicted octanol–water partition coefficient (Wildman–Crippen LogP) is 13.6. The average molecular weight is 895 g/mol. The van der Waals surface area contributed by atoms with Crippen molar-refractivity contribution in [3.8, 4) is 0 Å². The minimum Gasteiger partial charge on any atom is -0.462 e. The van der Waals surface area contributed by atoms with E-state index < -0.39 is 0 Å². The van der Waals surface area contributed by atoms with Gasteiger partial charge in [-0.2, -0.15) is 0 Å². The second kappa shape index (κ2) is 21.9. The maximum absolute atomic E-state index is 12.0. The average Bonchev–Trinajstić information content (AvgIpc) is 4.08. The highest BCUT2D eigenvalue weighted by atomic mass is 16.6. The predicted molar refractivity (Wildman–Crippen MR) is 254 cm³/mol. The van der Waals surface area contributed by atoms with Crippen LogP contribution in [0.15, 0.2) is 0 Å². The maximum atomic E-state index is 12.0. The van der Waals surface area contributed by atoms with Crippen molar-refractivity contribution >= 4 is 23.9 Å². The molecule has 0 N–H and O–H groups in total. The Morgan fingerprint density at radius 3 is 1.52 bits per heavy atom. The van der Waals surface area contributed by atoms with Crippen LogP contribution in [0.2, 0.25) is 0 Å². The van der Waals surface area contributed by atoms with Gasteiger partial charge in [-0.25, -0.2) is 0 Å². The van der Waals surface area contributed by atoms with E-state index in [9.17, 15) is 19.2 Å². The molecule has 12 unspecified atom stereocenters. The van der Waals surface area contributed by atoms with Gasteiger partial charge in [-0.15, -0.1) is 0 Å². The van der Waals surface area contributed by atoms with Gasteiger partial charge in [0.1, 0.15) is 23.9 Å². The smallest absolute Gasteiger partial charge is 0.309 e. The summed E-state index contributed by atoms with van der Waals surface area (Å²) < 4.78 is 22.9. The van der Waals surface area contributed by atoms with Gasteiger partial charge >= 0.3 is 23.9 Å². The summed E-state index contributed by atoms with van der Waals surface area (Å²) >= 11 is 0. The van der Waals surface area contributed by atoms with Gasteiger partial charge in [0, 0.05) is 5.41 Å². The summed E-state index contributed by atoms with van der Waals surface area (Å²) in [6.07, 6.45) is 28.1. The van der Waals surface area contributed by atoms with Crippen molar-refractivity contribution in [2.45, 2.75) is 248 Å². The van der Waals surface area contributed by atoms with Crippen LogP contribution in [0.25, 0.3) is 0 Å². The fourth-order valence-corrected chi connectivity index (χ4v) is 14.6. The molecule has 64 heavy (non-hydrogen) atoms. The standard InChI is InChI=1S/2C15H24O2.C15H26O2.C11H20O2/c1-3-10(2)14(16)17-15-7-11-4-12(8-15)6-13(5-11)9-15;1-3-9(2)15(16)17-14-8-10-7-13(14)12-6-4-5-11(10)12;1-6-10(2)13(16)17-12-9-11-7-8-15(12,5)14(11,3)4;1-3-9(2)11(12)13-10-7-5-4-6-8-10/h10-13H,3-9H2,1-2H3;9-14H,3-8H2,1-2H3;10-12H,6-9H2,1-5H3;9-10H,3-8H2,1-2H3. The summed E-state index contributed by atoms with van der Waals surface area (Å²) in [5.41, 5.74) is 0.476. The highest BCUT2D eigenvalue weighted by Crippen LogP contribution is 2.66. The number of hydrogen-bond acceptors (Lipinski definition) is 8. The Kier molecular flexibility index (Phi) is 17.5. The number of carbonyl (C=O) groups is 4. The summed E-state index contributed by atoms with van der Waals surface area (Å²) in [7, 11) is 0. The molecule has 366 valence electrons. The monoisotopic (exact) mass is 895 g/mol. The number of fused-ring (bicyclic) bond motifs is 7. The van der Waals surface area contributed by atoms with E-state index in [2.05, 4.69) is 34.6 Å². The zero-order chi connectivity index (χ0) is 46.6. The van der Waals surface area contributed by atoms with Crippen LogP contribution in [0, 0.1) is 81.8 Å². The molecule has 0 aromatic carbocycles. The zero-order valence-corrected chi connectivity index (χ0v) is 42.7. The van der Waals surface area contributed by atoms with Crippen molar-refractivity contribution in [1.29, 1.82) is 0 Å². The largest absolute Gasteiger partial charge is 0.462 e. The molecule has 12 atom stereocenters. The van der Waals surface area contributed by atoms with E-state index in [1.54, 1.807) is 0 Å². The van der Waals surface area contributed by atoms with E-state index in [0.717, 1.165) is 112 Å². The molecule has 8 bridgehead atoms. The van der Waals surface area contributed by atoms with Crippen LogP contribution >= 0.6 is 0 Å². The van der Waals surface area contributed by atoms with Gasteiger partial charge in [0.2, 0.25) is 0 Å². The molecule has 10 aliphatic rings. The minimum atomic E-state index is -0.0464. The van der Waals surface area contributed by atoms with Gasteiger partial charge in [-0.05, 0) is 188 Å². The maximum Gasteiger partial charge on any atom is 0.309 e. The number of esters is 4. The number of hydrogen-bond donors (Lipinski definition) is 0. The second-order valence-corrected chi connectivity index (χ2v) is 24.1. The van der Waals surface area contributed by atoms with Crippen molar-refractivity contribution in [3.63, 3.8) is 0 Å². The number of ether oxygens (including phenoxy) is 4. The lowest BCUT2D eigenvalue weighted by molar-refractivity contribution is -0.190. The third kappa shape index (κ3) is 11.4. The zero-order valence-electron chi connectivity index (χ0n) is 42.7. The molecule has 0 heterocycles. The van der Waals surface area contributed by atoms with Crippen LogP contribution in [-0.2, 0) is 38.1 Å². The molecule has 0 amide bonds. The molecule has 0 saturated heterocycles. The Morgan fingerprint density at radius 2 is 1.02 bits per heavy atom. The first kappa shape index (κ1) is 51.3. The van der Waals surface area contributed by atoms with E-state index in [0.29, 0.717) is 11.3 Å². The van der Waals surface area contributed by atoms with E-state index in [4.69, 9.17) is 18.9 Å². The number of carbonyl (C=O) groups excluding carboxylic acids is 4. The Morgan fingerprint density at radius 1 is 0.516 bits per heavy atom. The van der Waals surface area contributed by atoms with Crippen molar-refractivity contribution in [2.75, 3.05) is 0 Å². The molecule has 10 rings (SSSR count). The van der Waals surface area contributed by atoms with Crippen molar-refractivity contribution < 1.29 is 38.1 Å². The summed E-state index contributed by atoms with van der Waals surface area (Å²) in [5.74, 6) is 7.11. The van der Waals surface area contributed by atoms with Crippen molar-refractivity contribution in [1.82, 2.24) is 0 Å². The molecular formula is C56H94O8. The second-order valence-electron chi connectivity index (χ2n) is 24.1. The van der Waals surface area contributed by atoms with Gasteiger partial charge in [0.05, 0.1) is 23.7 Å². The van der Waals surface area contributed by atoms with Crippen molar-refractivity contribution in [3.05, 3.63) is 0 Å². The molecular weight excluding hydrogens is 801 g/mol. The molecule has 0 aliphatic heterocycles. The van der Waals surface area contributed by atoms with Crippen LogP contribution in [0.5, 0.6) is 0 Å². The summed E-state index contributed by atoms with van der Waals surface area (Å²) in [6, 6.07) is 0. The van der Waals surface area contributed by atoms with Gasteiger partial charge in [0.25, 0.3) is 0 Å². The van der Waals surface area contributed by atoms with Gasteiger partial charge < -0.3 is 18.9 Å². The van der Waals surface area contributed by atoms with Gasteiger partial charge in [0.15, 0.2) is 0 Å². The summed E-state index contributed by atoms with van der Waals surface area (Å²) in [5, 5.41) is 0. The first-order chi connectivity index (χ1) is 30.4. The molecule has 0 spiro atoms. The van der Waals surface area contributed by atoms with E-state index in [-0.39, 0.29) is 76.9 Å². The quantitative estimate of drug-likeness (QED) is 0.141. The van der Waals surface area contributed by atoms with Crippen LogP contribution in [0.1, 0.15) is 224 Å². The summed E-state index contributed by atoms with van der Waals surface area (Å²) in [4.78, 5) is 47.3. The lowest BCUT2D eigenvalue weighted by Crippen LogP contribution is -2.53. The van der Waals surface area contributed by atoms with E-state index >= 15 is 0 Å². The molecule has 0 radical (unpaired) electrons. The molecule has 10 fully saturated rings. The highest BCUT2D eigenvalue weighted by Gasteiger charge is 2.63. The third-order valence-corrected chi connectivity index (χ3v) is 19.8. The molecule has 0 aromatic heterocycles. The first-order valence-electron chi connectivity index (χ1n) is 27.2. The van der Waals surface area contributed by atoms with Crippen LogP contribution in [0.4, 0.5) is 0 Å². The highest BCUT2D eigenvalue weighted by molar-refractivity contribution is 5.73. The van der Waals surface area contributed by atoms with E-state index in [1.165, 1.54) is 77.0 Å². The minimum absolute atomic E-state index is 0.00192. The van der Waals surface area contributed by atoms with Crippen molar-refractivity contribution in [2.24, 2.45) is 81.8 Å². The summed E-state index contributed by atoms with van der Waals surface area (Å²) in [6.45, 7) is 23.1. The van der Waals surface area contributed by atoms with Crippen LogP contribution in [0.3, 0.4) is 0 Å². The molecule has 10 aliphatic carbocycles. The lowest BCUT2D eigenvalue weighted by atomic mass is 9.54. The van der Waals surface area contributed by atoms with Gasteiger partial charge in [-0.1, -0.05) is 89.0 Å². The van der Waals surface area contributed by atoms with Gasteiger partial charge in [-0.3, -0.25) is 19.2 Å². The molecule has 8 nitrogen and oxygen atoms in total. The SMILES string of the molecule is CCC(C)C(=O)OC12CC3CC(CC(C3)C1)C2.CCC(C)C(=O)OC1CC2CC1C1CCCC21.CCC(C)C(=O)OC1CC2CCC1(C)C2(C)C.CCC(C)C(=O)OC1CCCCC1. The van der Waals surface area contributed by atoms with E-state index in [1.807, 2.05) is 41.5 Å². The van der Waals surface area contributed by atoms with Crippen LogP contribution in [-0.4, -0.2) is 47.8 Å². The third-order valence-electron chi connectivity index (χ3n) is 19.8. The normalized spacial score (nSPS) is 38.7. The Balaban J connectivity index is 0.000000143. The number of rotatable bonds is 12. The first-order valence-corrected chi connectivity index (χ1v) is 27.2. The Labute approximate surface area is 390 Å². The fourth-order valence-electron chi connectivity index (χ4n) is 14.6. The fraction of sp³-hybridized carbons (Fsp3) is 0.929.